The minimum Gasteiger partial charge on any atom is -0.354 e. The van der Waals surface area contributed by atoms with Crippen molar-refractivity contribution in [2.24, 2.45) is 0 Å². The van der Waals surface area contributed by atoms with Gasteiger partial charge in [0.15, 0.2) is 0 Å². The van der Waals surface area contributed by atoms with Gasteiger partial charge in [0.1, 0.15) is 0 Å². The van der Waals surface area contributed by atoms with Crippen LogP contribution in [-0.4, -0.2) is 23.9 Å². The average Bonchev–Trinajstić information content (AvgIpc) is 2.47. The fraction of sp³-hybridized carbons (Fsp3) is 0.579. The molecular weight excluding hydrogens is 288 g/mol. The quantitative estimate of drug-likeness (QED) is 0.808. The van der Waals surface area contributed by atoms with Crippen molar-refractivity contribution in [3.05, 3.63) is 35.9 Å². The van der Waals surface area contributed by atoms with Crippen molar-refractivity contribution in [2.45, 2.75) is 72.4 Å². The molecule has 1 aromatic carbocycles. The van der Waals surface area contributed by atoms with Gasteiger partial charge in [-0.1, -0.05) is 37.3 Å². The highest BCUT2D eigenvalue weighted by Crippen LogP contribution is 2.04. The highest BCUT2D eigenvalue weighted by Gasteiger charge is 2.02. The largest absolute Gasteiger partial charge is 0.354 e. The molecule has 1 rings (SSSR count). The van der Waals surface area contributed by atoms with Crippen molar-refractivity contribution in [2.75, 3.05) is 0 Å². The van der Waals surface area contributed by atoms with Crippen LogP contribution in [0.1, 0.15) is 59.4 Å². The first-order valence-corrected chi connectivity index (χ1v) is 8.47. The molecule has 0 aliphatic rings. The third-order valence-electron chi connectivity index (χ3n) is 2.93. The summed E-state index contributed by atoms with van der Waals surface area (Å²) in [7, 11) is 0. The lowest BCUT2D eigenvalue weighted by Crippen LogP contribution is -2.29. The number of hydrogen-bond donors (Lipinski definition) is 2. The first kappa shape index (κ1) is 21.2. The van der Waals surface area contributed by atoms with Gasteiger partial charge in [-0.15, -0.1) is 0 Å². The summed E-state index contributed by atoms with van der Waals surface area (Å²) in [5.41, 5.74) is 1.30. The van der Waals surface area contributed by atoms with Crippen LogP contribution in [0.3, 0.4) is 0 Å². The lowest BCUT2D eigenvalue weighted by molar-refractivity contribution is -0.122. The molecule has 0 bridgehead atoms. The Labute approximate surface area is 141 Å². The van der Waals surface area contributed by atoms with E-state index in [0.717, 1.165) is 12.8 Å². The number of nitrogens with one attached hydrogen (secondary N) is 2. The van der Waals surface area contributed by atoms with Gasteiger partial charge in [-0.25, -0.2) is 0 Å². The van der Waals surface area contributed by atoms with E-state index in [0.29, 0.717) is 12.8 Å². The van der Waals surface area contributed by atoms with Gasteiger partial charge in [0.25, 0.3) is 0 Å². The summed E-state index contributed by atoms with van der Waals surface area (Å²) in [4.78, 5) is 21.8. The van der Waals surface area contributed by atoms with Crippen LogP contribution in [-0.2, 0) is 16.0 Å². The van der Waals surface area contributed by atoms with Gasteiger partial charge in [0, 0.05) is 24.9 Å². The Bertz CT molecular complexity index is 442. The second kappa shape index (κ2) is 12.7. The molecule has 0 saturated carbocycles. The molecule has 130 valence electrons. The number of carbonyl (C=O) groups is 2. The first-order valence-electron chi connectivity index (χ1n) is 8.47. The minimum absolute atomic E-state index is 0.125. The zero-order valence-electron chi connectivity index (χ0n) is 15.2. The fourth-order valence-corrected chi connectivity index (χ4v) is 1.92. The van der Waals surface area contributed by atoms with Gasteiger partial charge in [-0.05, 0) is 46.1 Å². The Hall–Kier alpha value is -1.84. The van der Waals surface area contributed by atoms with Crippen LogP contribution in [0.4, 0.5) is 0 Å². The molecule has 0 fully saturated rings. The minimum atomic E-state index is 0.125. The normalized spacial score (nSPS) is 10.0. The van der Waals surface area contributed by atoms with E-state index in [4.69, 9.17) is 0 Å². The van der Waals surface area contributed by atoms with Gasteiger partial charge in [0.2, 0.25) is 11.8 Å². The summed E-state index contributed by atoms with van der Waals surface area (Å²) in [6, 6.07) is 10.8. The lowest BCUT2D eigenvalue weighted by atomic mass is 10.1. The van der Waals surface area contributed by atoms with Crippen LogP contribution >= 0.6 is 0 Å². The van der Waals surface area contributed by atoms with E-state index in [1.807, 2.05) is 52.8 Å². The van der Waals surface area contributed by atoms with E-state index in [1.165, 1.54) is 5.56 Å². The van der Waals surface area contributed by atoms with Crippen molar-refractivity contribution in [1.29, 1.82) is 0 Å². The Balaban J connectivity index is 0.000000515. The van der Waals surface area contributed by atoms with Gasteiger partial charge < -0.3 is 10.6 Å². The van der Waals surface area contributed by atoms with Crippen LogP contribution in [0.5, 0.6) is 0 Å². The molecule has 0 aliphatic heterocycles. The highest BCUT2D eigenvalue weighted by molar-refractivity contribution is 5.76. The zero-order chi connectivity index (χ0) is 17.7. The molecule has 0 heterocycles. The molecular formula is C19H32N2O2. The maximum absolute atomic E-state index is 11.3. The number of hydrogen-bond acceptors (Lipinski definition) is 2. The standard InChI is InChI=1S/C13H19NO.C6H13NO/c1-11(2)14-13(15)10-6-9-12-7-4-3-5-8-12;1-4-6(8)7-5(2)3/h3-5,7-8,11H,6,9-10H2,1-2H3,(H,14,15);5H,4H2,1-3H3,(H,7,8). The second-order valence-corrected chi connectivity index (χ2v) is 6.14. The lowest BCUT2D eigenvalue weighted by Gasteiger charge is -2.07. The van der Waals surface area contributed by atoms with Gasteiger partial charge in [-0.2, -0.15) is 0 Å². The number of benzene rings is 1. The third kappa shape index (κ3) is 13.5. The molecule has 0 aromatic heterocycles. The molecule has 0 radical (unpaired) electrons. The maximum atomic E-state index is 11.3. The van der Waals surface area contributed by atoms with Crippen LogP contribution in [0.25, 0.3) is 0 Å². The van der Waals surface area contributed by atoms with Gasteiger partial charge in [-0.3, -0.25) is 9.59 Å². The third-order valence-corrected chi connectivity index (χ3v) is 2.93. The van der Waals surface area contributed by atoms with Gasteiger partial charge in [0.05, 0.1) is 0 Å². The summed E-state index contributed by atoms with van der Waals surface area (Å²) in [5, 5.41) is 5.64. The van der Waals surface area contributed by atoms with Crippen LogP contribution < -0.4 is 10.6 Å². The monoisotopic (exact) mass is 320 g/mol. The molecule has 23 heavy (non-hydrogen) atoms. The number of aryl methyl sites for hydroxylation is 1. The molecule has 2 N–H and O–H groups in total. The molecule has 0 aliphatic carbocycles. The number of rotatable bonds is 7. The van der Waals surface area contributed by atoms with Crippen LogP contribution in [0.15, 0.2) is 30.3 Å². The van der Waals surface area contributed by atoms with E-state index < -0.39 is 0 Å². The Morgan fingerprint density at radius 3 is 1.87 bits per heavy atom. The molecule has 0 atom stereocenters. The van der Waals surface area contributed by atoms with Crippen LogP contribution in [0.2, 0.25) is 0 Å². The SMILES string of the molecule is CC(C)NC(=O)CCCc1ccccc1.CCC(=O)NC(C)C. The van der Waals surface area contributed by atoms with E-state index in [-0.39, 0.29) is 23.9 Å². The molecule has 0 saturated heterocycles. The van der Waals surface area contributed by atoms with E-state index >= 15 is 0 Å². The van der Waals surface area contributed by atoms with E-state index in [2.05, 4.69) is 22.8 Å². The number of carbonyl (C=O) groups excluding carboxylic acids is 2. The predicted octanol–water partition coefficient (Wildman–Crippen LogP) is 3.45. The number of amides is 2. The smallest absolute Gasteiger partial charge is 0.220 e. The predicted molar refractivity (Wildman–Crippen MR) is 96.2 cm³/mol. The highest BCUT2D eigenvalue weighted by atomic mass is 16.2. The first-order chi connectivity index (χ1) is 10.8. The molecule has 0 unspecified atom stereocenters. The molecule has 4 heteroatoms. The second-order valence-electron chi connectivity index (χ2n) is 6.14. The van der Waals surface area contributed by atoms with Crippen molar-refractivity contribution in [3.63, 3.8) is 0 Å². The Kier molecular flexibility index (Phi) is 11.7. The average molecular weight is 320 g/mol. The summed E-state index contributed by atoms with van der Waals surface area (Å²) >= 11 is 0. The maximum Gasteiger partial charge on any atom is 0.220 e. The molecule has 2 amide bonds. The fourth-order valence-electron chi connectivity index (χ4n) is 1.92. The van der Waals surface area contributed by atoms with Crippen molar-refractivity contribution >= 4 is 11.8 Å². The molecule has 0 spiro atoms. The van der Waals surface area contributed by atoms with Crippen LogP contribution in [0, 0.1) is 0 Å². The van der Waals surface area contributed by atoms with Crippen molar-refractivity contribution < 1.29 is 9.59 Å². The topological polar surface area (TPSA) is 58.2 Å². The summed E-state index contributed by atoms with van der Waals surface area (Å²) < 4.78 is 0. The Morgan fingerprint density at radius 2 is 1.43 bits per heavy atom. The summed E-state index contributed by atoms with van der Waals surface area (Å²) in [6.45, 7) is 9.71. The van der Waals surface area contributed by atoms with E-state index in [1.54, 1.807) is 0 Å². The van der Waals surface area contributed by atoms with Gasteiger partial charge >= 0.3 is 0 Å². The molecule has 4 nitrogen and oxygen atoms in total. The Morgan fingerprint density at radius 1 is 0.913 bits per heavy atom. The van der Waals surface area contributed by atoms with Crippen molar-refractivity contribution in [1.82, 2.24) is 10.6 Å². The summed E-state index contributed by atoms with van der Waals surface area (Å²) in [5.74, 6) is 0.279. The zero-order valence-corrected chi connectivity index (χ0v) is 15.2. The van der Waals surface area contributed by atoms with Crippen molar-refractivity contribution in [3.8, 4) is 0 Å². The summed E-state index contributed by atoms with van der Waals surface area (Å²) in [6.07, 6.45) is 3.10. The molecule has 1 aromatic rings. The van der Waals surface area contributed by atoms with E-state index in [9.17, 15) is 9.59 Å².